The van der Waals surface area contributed by atoms with Crippen molar-refractivity contribution in [2.24, 2.45) is 0 Å². The van der Waals surface area contributed by atoms with Crippen molar-refractivity contribution in [2.75, 3.05) is 0 Å². The van der Waals surface area contributed by atoms with Crippen LogP contribution in [0.2, 0.25) is 0 Å². The largest absolute Gasteiger partial charge is 0.492 e. The zero-order valence-electron chi connectivity index (χ0n) is 15.3. The predicted octanol–water partition coefficient (Wildman–Crippen LogP) is 4.69. The van der Waals surface area contributed by atoms with E-state index in [-0.39, 0.29) is 0 Å². The Morgan fingerprint density at radius 1 is 0.929 bits per heavy atom. The molecule has 4 heteroatoms. The van der Waals surface area contributed by atoms with Crippen LogP contribution in [-0.2, 0) is 0 Å². The minimum absolute atomic E-state index is 0.358. The van der Waals surface area contributed by atoms with Gasteiger partial charge in [0.05, 0.1) is 0 Å². The summed E-state index contributed by atoms with van der Waals surface area (Å²) in [7, 11) is -1.59. The van der Waals surface area contributed by atoms with Gasteiger partial charge in [-0.15, -0.1) is 0 Å². The standard InChI is InChI=1S/C24H19BO3/c1-3-4-8-16(2)17-9-5-10-18(15-17)19-11-6-12-20-21-13-7-14-22(25(26)27)24(21)28-23(19)20/h3-15,26-27H,1-2H2/b8-4-. The van der Waals surface area contributed by atoms with Gasteiger partial charge in [-0.25, -0.2) is 0 Å². The maximum atomic E-state index is 9.67. The highest BCUT2D eigenvalue weighted by Crippen LogP contribution is 2.36. The van der Waals surface area contributed by atoms with Crippen molar-refractivity contribution in [3.63, 3.8) is 0 Å². The fourth-order valence-electron chi connectivity index (χ4n) is 3.44. The van der Waals surface area contributed by atoms with Crippen LogP contribution < -0.4 is 5.46 Å². The molecule has 0 unspecified atom stereocenters. The lowest BCUT2D eigenvalue weighted by molar-refractivity contribution is 0.425. The summed E-state index contributed by atoms with van der Waals surface area (Å²) in [6.45, 7) is 7.80. The van der Waals surface area contributed by atoms with E-state index in [1.54, 1.807) is 18.2 Å². The number of furan rings is 1. The molecule has 1 aromatic heterocycles. The van der Waals surface area contributed by atoms with Gasteiger partial charge < -0.3 is 14.5 Å². The minimum atomic E-state index is -1.59. The third-order valence-electron chi connectivity index (χ3n) is 4.81. The van der Waals surface area contributed by atoms with Crippen molar-refractivity contribution >= 4 is 40.1 Å². The first-order valence-electron chi connectivity index (χ1n) is 8.99. The molecule has 0 aliphatic heterocycles. The lowest BCUT2D eigenvalue weighted by Crippen LogP contribution is -2.29. The van der Waals surface area contributed by atoms with Crippen molar-refractivity contribution in [1.29, 1.82) is 0 Å². The SMILES string of the molecule is C=C/C=C\C(=C)c1cccc(-c2cccc3c2oc2c(B(O)O)cccc23)c1. The van der Waals surface area contributed by atoms with E-state index in [9.17, 15) is 10.0 Å². The second kappa shape index (κ2) is 7.35. The van der Waals surface area contributed by atoms with E-state index in [1.165, 1.54) is 0 Å². The van der Waals surface area contributed by atoms with Gasteiger partial charge in [-0.1, -0.05) is 86.0 Å². The number of allylic oxidation sites excluding steroid dienone is 4. The van der Waals surface area contributed by atoms with Crippen LogP contribution in [0.1, 0.15) is 5.56 Å². The highest BCUT2D eigenvalue weighted by Gasteiger charge is 2.20. The van der Waals surface area contributed by atoms with Crippen molar-refractivity contribution in [2.45, 2.75) is 0 Å². The highest BCUT2D eigenvalue weighted by atomic mass is 16.4. The van der Waals surface area contributed by atoms with E-state index in [0.717, 1.165) is 38.6 Å². The van der Waals surface area contributed by atoms with Crippen LogP contribution in [0.25, 0.3) is 38.6 Å². The van der Waals surface area contributed by atoms with Gasteiger partial charge in [-0.2, -0.15) is 0 Å². The smallest absolute Gasteiger partial charge is 0.456 e. The zero-order chi connectivity index (χ0) is 19.7. The van der Waals surface area contributed by atoms with Gasteiger partial charge in [0.2, 0.25) is 0 Å². The molecule has 4 aromatic rings. The molecule has 0 fully saturated rings. The van der Waals surface area contributed by atoms with E-state index >= 15 is 0 Å². The van der Waals surface area contributed by atoms with Gasteiger partial charge >= 0.3 is 7.12 Å². The Morgan fingerprint density at radius 2 is 1.64 bits per heavy atom. The molecule has 0 bridgehead atoms. The number of para-hydroxylation sites is 2. The minimum Gasteiger partial charge on any atom is -0.456 e. The van der Waals surface area contributed by atoms with Gasteiger partial charge in [0, 0.05) is 21.8 Å². The summed E-state index contributed by atoms with van der Waals surface area (Å²) in [5.74, 6) is 0. The topological polar surface area (TPSA) is 53.6 Å². The van der Waals surface area contributed by atoms with Gasteiger partial charge in [0.1, 0.15) is 11.2 Å². The normalized spacial score (nSPS) is 11.4. The monoisotopic (exact) mass is 366 g/mol. The van der Waals surface area contributed by atoms with Crippen LogP contribution in [-0.4, -0.2) is 17.2 Å². The van der Waals surface area contributed by atoms with E-state index in [0.29, 0.717) is 11.0 Å². The number of hydrogen-bond donors (Lipinski definition) is 2. The molecule has 0 saturated carbocycles. The van der Waals surface area contributed by atoms with Gasteiger partial charge in [0.15, 0.2) is 0 Å². The molecule has 0 amide bonds. The maximum Gasteiger partial charge on any atom is 0.492 e. The maximum absolute atomic E-state index is 9.67. The van der Waals surface area contributed by atoms with Crippen LogP contribution in [0.4, 0.5) is 0 Å². The van der Waals surface area contributed by atoms with Gasteiger partial charge in [-0.05, 0) is 22.8 Å². The molecule has 136 valence electrons. The van der Waals surface area contributed by atoms with Crippen LogP contribution in [0.5, 0.6) is 0 Å². The Balaban J connectivity index is 1.92. The lowest BCUT2D eigenvalue weighted by Gasteiger charge is -2.06. The number of fused-ring (bicyclic) bond motifs is 3. The first-order chi connectivity index (χ1) is 13.6. The predicted molar refractivity (Wildman–Crippen MR) is 117 cm³/mol. The molecule has 0 radical (unpaired) electrons. The van der Waals surface area contributed by atoms with E-state index < -0.39 is 7.12 Å². The first kappa shape index (κ1) is 18.0. The van der Waals surface area contributed by atoms with Crippen molar-refractivity contribution < 1.29 is 14.5 Å². The second-order valence-electron chi connectivity index (χ2n) is 6.58. The molecular formula is C24H19BO3. The molecule has 2 N–H and O–H groups in total. The molecular weight excluding hydrogens is 347 g/mol. The van der Waals surface area contributed by atoms with Crippen LogP contribution in [0.15, 0.2) is 96.5 Å². The summed E-state index contributed by atoms with van der Waals surface area (Å²) >= 11 is 0. The molecule has 0 aliphatic rings. The molecule has 4 rings (SSSR count). The highest BCUT2D eigenvalue weighted by molar-refractivity contribution is 6.61. The Bertz CT molecular complexity index is 1230. The van der Waals surface area contributed by atoms with E-state index in [1.807, 2.05) is 54.6 Å². The van der Waals surface area contributed by atoms with Crippen molar-refractivity contribution in [3.05, 3.63) is 97.6 Å². The molecule has 0 saturated heterocycles. The molecule has 28 heavy (non-hydrogen) atoms. The van der Waals surface area contributed by atoms with E-state index in [2.05, 4.69) is 19.2 Å². The van der Waals surface area contributed by atoms with Gasteiger partial charge in [0.25, 0.3) is 0 Å². The Kier molecular flexibility index (Phi) is 4.74. The van der Waals surface area contributed by atoms with Gasteiger partial charge in [-0.3, -0.25) is 0 Å². The average molecular weight is 366 g/mol. The van der Waals surface area contributed by atoms with Crippen molar-refractivity contribution in [1.82, 2.24) is 0 Å². The molecule has 0 atom stereocenters. The summed E-state index contributed by atoms with van der Waals surface area (Å²) < 4.78 is 6.13. The summed E-state index contributed by atoms with van der Waals surface area (Å²) in [4.78, 5) is 0. The molecule has 3 aromatic carbocycles. The molecule has 0 aliphatic carbocycles. The Morgan fingerprint density at radius 3 is 2.39 bits per heavy atom. The first-order valence-corrected chi connectivity index (χ1v) is 8.99. The summed E-state index contributed by atoms with van der Waals surface area (Å²) in [6, 6.07) is 19.4. The molecule has 0 spiro atoms. The molecule has 1 heterocycles. The Labute approximate surface area is 163 Å². The summed E-state index contributed by atoms with van der Waals surface area (Å²) in [6.07, 6.45) is 5.50. The third-order valence-corrected chi connectivity index (χ3v) is 4.81. The fourth-order valence-corrected chi connectivity index (χ4v) is 3.44. The van der Waals surface area contributed by atoms with Crippen LogP contribution in [0, 0.1) is 0 Å². The quantitative estimate of drug-likeness (QED) is 0.398. The molecule has 3 nitrogen and oxygen atoms in total. The second-order valence-corrected chi connectivity index (χ2v) is 6.58. The zero-order valence-corrected chi connectivity index (χ0v) is 15.3. The summed E-state index contributed by atoms with van der Waals surface area (Å²) in [5, 5.41) is 21.1. The average Bonchev–Trinajstić information content (AvgIpc) is 3.10. The fraction of sp³-hybridized carbons (Fsp3) is 0. The number of benzene rings is 3. The third kappa shape index (κ3) is 3.09. The number of hydrogen-bond acceptors (Lipinski definition) is 3. The van der Waals surface area contributed by atoms with E-state index in [4.69, 9.17) is 4.42 Å². The van der Waals surface area contributed by atoms with Crippen LogP contribution in [0.3, 0.4) is 0 Å². The lowest BCUT2D eigenvalue weighted by atomic mass is 9.79. The van der Waals surface area contributed by atoms with Crippen molar-refractivity contribution in [3.8, 4) is 11.1 Å². The van der Waals surface area contributed by atoms with Crippen LogP contribution >= 0.6 is 0 Å². The summed E-state index contributed by atoms with van der Waals surface area (Å²) in [5.41, 5.74) is 5.41. The Hall–Kier alpha value is -3.34. The number of rotatable bonds is 5.